The Kier molecular flexibility index (Phi) is 4.24. The molecule has 0 fully saturated rings. The normalized spacial score (nSPS) is 9.88. The number of nitrogens with two attached hydrogens (primary N) is 1. The number of primary amides is 1. The standard InChI is InChI=1S/C9H13N3O3S/c1-12(2)9(14)15-4-8-11-6(5-16-8)3-7(10)13/h5H,3-4H2,1-2H3,(H2,10,13). The van der Waals surface area contributed by atoms with Gasteiger partial charge in [0, 0.05) is 19.5 Å². The first-order valence-electron chi connectivity index (χ1n) is 4.54. The number of aromatic nitrogens is 1. The molecule has 0 aromatic carbocycles. The maximum atomic E-state index is 11.1. The Morgan fingerprint density at radius 1 is 1.56 bits per heavy atom. The van der Waals surface area contributed by atoms with E-state index in [-0.39, 0.29) is 13.0 Å². The smallest absolute Gasteiger partial charge is 0.409 e. The van der Waals surface area contributed by atoms with Crippen molar-refractivity contribution in [1.82, 2.24) is 9.88 Å². The highest BCUT2D eigenvalue weighted by atomic mass is 32.1. The zero-order valence-electron chi connectivity index (χ0n) is 9.10. The van der Waals surface area contributed by atoms with Gasteiger partial charge in [-0.2, -0.15) is 0 Å². The van der Waals surface area contributed by atoms with Crippen molar-refractivity contribution in [2.75, 3.05) is 14.1 Å². The van der Waals surface area contributed by atoms with E-state index < -0.39 is 12.0 Å². The van der Waals surface area contributed by atoms with E-state index in [1.54, 1.807) is 19.5 Å². The van der Waals surface area contributed by atoms with E-state index in [9.17, 15) is 9.59 Å². The van der Waals surface area contributed by atoms with E-state index in [1.807, 2.05) is 0 Å². The molecule has 0 aliphatic carbocycles. The van der Waals surface area contributed by atoms with Crippen molar-refractivity contribution in [2.45, 2.75) is 13.0 Å². The van der Waals surface area contributed by atoms with E-state index in [2.05, 4.69) is 4.98 Å². The van der Waals surface area contributed by atoms with E-state index in [0.717, 1.165) is 0 Å². The van der Waals surface area contributed by atoms with E-state index in [4.69, 9.17) is 10.5 Å². The molecule has 0 aliphatic rings. The molecule has 0 saturated carbocycles. The third-order valence-electron chi connectivity index (χ3n) is 1.64. The van der Waals surface area contributed by atoms with Crippen LogP contribution < -0.4 is 5.73 Å². The van der Waals surface area contributed by atoms with Gasteiger partial charge >= 0.3 is 6.09 Å². The van der Waals surface area contributed by atoms with Crippen molar-refractivity contribution in [3.05, 3.63) is 16.1 Å². The fourth-order valence-electron chi connectivity index (χ4n) is 0.927. The maximum Gasteiger partial charge on any atom is 0.409 e. The summed E-state index contributed by atoms with van der Waals surface area (Å²) >= 11 is 1.33. The van der Waals surface area contributed by atoms with Gasteiger partial charge in [0.05, 0.1) is 12.1 Å². The summed E-state index contributed by atoms with van der Waals surface area (Å²) in [6.07, 6.45) is -0.315. The molecule has 2 amide bonds. The molecule has 2 N–H and O–H groups in total. The molecule has 0 bridgehead atoms. The van der Waals surface area contributed by atoms with E-state index >= 15 is 0 Å². The lowest BCUT2D eigenvalue weighted by Gasteiger charge is -2.09. The molecular formula is C9H13N3O3S. The number of hydrogen-bond donors (Lipinski definition) is 1. The minimum atomic E-state index is -0.429. The van der Waals surface area contributed by atoms with Crippen molar-refractivity contribution < 1.29 is 14.3 Å². The van der Waals surface area contributed by atoms with Gasteiger partial charge in [0.2, 0.25) is 5.91 Å². The number of amides is 2. The van der Waals surface area contributed by atoms with Crippen molar-refractivity contribution in [3.8, 4) is 0 Å². The molecule has 0 spiro atoms. The number of rotatable bonds is 4. The van der Waals surface area contributed by atoms with Crippen LogP contribution in [0, 0.1) is 0 Å². The van der Waals surface area contributed by atoms with Crippen LogP contribution in [0.4, 0.5) is 4.79 Å². The quantitative estimate of drug-likeness (QED) is 0.827. The Bertz CT molecular complexity index is 389. The second kappa shape index (κ2) is 5.45. The molecule has 1 aromatic heterocycles. The third kappa shape index (κ3) is 3.85. The van der Waals surface area contributed by atoms with Crippen LogP contribution in [0.2, 0.25) is 0 Å². The Hall–Kier alpha value is -1.63. The highest BCUT2D eigenvalue weighted by molar-refractivity contribution is 7.09. The first-order valence-corrected chi connectivity index (χ1v) is 5.42. The highest BCUT2D eigenvalue weighted by Gasteiger charge is 2.08. The summed E-state index contributed by atoms with van der Waals surface area (Å²) < 4.78 is 4.93. The topological polar surface area (TPSA) is 85.5 Å². The summed E-state index contributed by atoms with van der Waals surface area (Å²) in [4.78, 5) is 27.2. The second-order valence-corrected chi connectivity index (χ2v) is 4.27. The van der Waals surface area contributed by atoms with Crippen molar-refractivity contribution in [1.29, 1.82) is 0 Å². The first kappa shape index (κ1) is 12.4. The molecule has 0 saturated heterocycles. The molecule has 7 heteroatoms. The van der Waals surface area contributed by atoms with Crippen molar-refractivity contribution in [3.63, 3.8) is 0 Å². The van der Waals surface area contributed by atoms with Gasteiger partial charge in [0.25, 0.3) is 0 Å². The van der Waals surface area contributed by atoms with Gasteiger partial charge in [-0.3, -0.25) is 4.79 Å². The van der Waals surface area contributed by atoms with Crippen LogP contribution in [-0.2, 0) is 22.6 Å². The summed E-state index contributed by atoms with van der Waals surface area (Å²) in [7, 11) is 3.20. The lowest BCUT2D eigenvalue weighted by molar-refractivity contribution is -0.117. The molecule has 6 nitrogen and oxygen atoms in total. The van der Waals surface area contributed by atoms with Gasteiger partial charge in [-0.1, -0.05) is 0 Å². The Morgan fingerprint density at radius 2 is 2.25 bits per heavy atom. The number of ether oxygens (including phenoxy) is 1. The van der Waals surface area contributed by atoms with Crippen molar-refractivity contribution in [2.24, 2.45) is 5.73 Å². The van der Waals surface area contributed by atoms with Crippen LogP contribution in [0.15, 0.2) is 5.38 Å². The van der Waals surface area contributed by atoms with Gasteiger partial charge in [-0.15, -0.1) is 11.3 Å². The van der Waals surface area contributed by atoms with Gasteiger partial charge in [-0.25, -0.2) is 9.78 Å². The zero-order chi connectivity index (χ0) is 12.1. The van der Waals surface area contributed by atoms with Crippen LogP contribution in [0.3, 0.4) is 0 Å². The van der Waals surface area contributed by atoms with Crippen molar-refractivity contribution >= 4 is 23.3 Å². The molecule has 1 heterocycles. The molecule has 88 valence electrons. The molecular weight excluding hydrogens is 230 g/mol. The molecule has 0 atom stereocenters. The van der Waals surface area contributed by atoms with Gasteiger partial charge < -0.3 is 15.4 Å². The number of carbonyl (C=O) groups excluding carboxylic acids is 2. The third-order valence-corrected chi connectivity index (χ3v) is 2.51. The minimum absolute atomic E-state index is 0.109. The number of hydrogen-bond acceptors (Lipinski definition) is 5. The zero-order valence-corrected chi connectivity index (χ0v) is 9.91. The van der Waals surface area contributed by atoms with E-state index in [1.165, 1.54) is 16.2 Å². The van der Waals surface area contributed by atoms with Crippen LogP contribution >= 0.6 is 11.3 Å². The number of thiazole rings is 1. The van der Waals surface area contributed by atoms with Crippen LogP contribution in [-0.4, -0.2) is 36.0 Å². The van der Waals surface area contributed by atoms with Crippen LogP contribution in [0.5, 0.6) is 0 Å². The predicted octanol–water partition coefficient (Wildman–Crippen LogP) is 0.369. The average molecular weight is 243 g/mol. The second-order valence-electron chi connectivity index (χ2n) is 3.32. The first-order chi connectivity index (χ1) is 7.49. The fraction of sp³-hybridized carbons (Fsp3) is 0.444. The molecule has 1 aromatic rings. The Labute approximate surface area is 97.0 Å². The summed E-state index contributed by atoms with van der Waals surface area (Å²) in [6, 6.07) is 0. The van der Waals surface area contributed by atoms with E-state index in [0.29, 0.717) is 10.7 Å². The molecule has 0 aliphatic heterocycles. The van der Waals surface area contributed by atoms with Crippen LogP contribution in [0.1, 0.15) is 10.7 Å². The molecule has 0 unspecified atom stereocenters. The maximum absolute atomic E-state index is 11.1. The largest absolute Gasteiger partial charge is 0.442 e. The predicted molar refractivity (Wildman–Crippen MR) is 58.9 cm³/mol. The lowest BCUT2D eigenvalue weighted by Crippen LogP contribution is -2.22. The Morgan fingerprint density at radius 3 is 2.81 bits per heavy atom. The summed E-state index contributed by atoms with van der Waals surface area (Å²) in [6.45, 7) is 0.112. The number of carbonyl (C=O) groups is 2. The summed E-state index contributed by atoms with van der Waals surface area (Å²) in [5, 5.41) is 2.37. The van der Waals surface area contributed by atoms with Gasteiger partial charge in [0.1, 0.15) is 11.6 Å². The van der Waals surface area contributed by atoms with Crippen LogP contribution in [0.25, 0.3) is 0 Å². The van der Waals surface area contributed by atoms with Gasteiger partial charge in [0.15, 0.2) is 0 Å². The fourth-order valence-corrected chi connectivity index (χ4v) is 1.63. The molecule has 1 rings (SSSR count). The SMILES string of the molecule is CN(C)C(=O)OCc1nc(CC(N)=O)cs1. The molecule has 16 heavy (non-hydrogen) atoms. The molecule has 0 radical (unpaired) electrons. The monoisotopic (exact) mass is 243 g/mol. The Balaban J connectivity index is 2.46. The number of nitrogens with zero attached hydrogens (tertiary/aromatic N) is 2. The van der Waals surface area contributed by atoms with Gasteiger partial charge in [-0.05, 0) is 0 Å². The summed E-state index contributed by atoms with van der Waals surface area (Å²) in [5.41, 5.74) is 5.63. The minimum Gasteiger partial charge on any atom is -0.442 e. The highest BCUT2D eigenvalue weighted by Crippen LogP contribution is 2.11. The summed E-state index contributed by atoms with van der Waals surface area (Å²) in [5.74, 6) is -0.429. The average Bonchev–Trinajstić information content (AvgIpc) is 2.60. The lowest BCUT2D eigenvalue weighted by atomic mass is 10.3.